The summed E-state index contributed by atoms with van der Waals surface area (Å²) in [6.45, 7) is 1.90. The van der Waals surface area contributed by atoms with Gasteiger partial charge in [0.2, 0.25) is 5.70 Å². The third kappa shape index (κ3) is 3.06. The molecule has 0 amide bonds. The molecule has 2 rings (SSSR count). The summed E-state index contributed by atoms with van der Waals surface area (Å²) in [6.07, 6.45) is 8.02. The SMILES string of the molecule is CC1(O)CCC([C@@H]2CCC=C([N+](=O)[O-])C2)CC1. The fourth-order valence-corrected chi connectivity index (χ4v) is 3.20. The van der Waals surface area contributed by atoms with E-state index in [9.17, 15) is 15.2 Å². The number of hydrogen-bond acceptors (Lipinski definition) is 3. The molecule has 0 heterocycles. The average molecular weight is 239 g/mol. The van der Waals surface area contributed by atoms with Crippen LogP contribution in [0.1, 0.15) is 51.9 Å². The molecule has 0 saturated heterocycles. The second-order valence-corrected chi connectivity index (χ2v) is 5.83. The van der Waals surface area contributed by atoms with Crippen molar-refractivity contribution in [2.45, 2.75) is 57.5 Å². The maximum atomic E-state index is 10.8. The van der Waals surface area contributed by atoms with Gasteiger partial charge in [0.25, 0.3) is 0 Å². The fourth-order valence-electron chi connectivity index (χ4n) is 3.20. The highest BCUT2D eigenvalue weighted by Crippen LogP contribution is 2.41. The lowest BCUT2D eigenvalue weighted by Gasteiger charge is -2.37. The first-order valence-corrected chi connectivity index (χ1v) is 6.54. The van der Waals surface area contributed by atoms with E-state index in [-0.39, 0.29) is 4.92 Å². The number of aliphatic hydroxyl groups is 1. The van der Waals surface area contributed by atoms with E-state index in [2.05, 4.69) is 0 Å². The Kier molecular flexibility index (Phi) is 3.52. The van der Waals surface area contributed by atoms with Crippen molar-refractivity contribution < 1.29 is 10.0 Å². The summed E-state index contributed by atoms with van der Waals surface area (Å²) in [5, 5.41) is 20.7. The second-order valence-electron chi connectivity index (χ2n) is 5.83. The lowest BCUT2D eigenvalue weighted by atomic mass is 9.71. The fraction of sp³-hybridized carbons (Fsp3) is 0.846. The van der Waals surface area contributed by atoms with Gasteiger partial charge in [0, 0.05) is 6.42 Å². The number of nitro groups is 1. The van der Waals surface area contributed by atoms with Crippen molar-refractivity contribution >= 4 is 0 Å². The Balaban J connectivity index is 1.92. The maximum absolute atomic E-state index is 10.8. The highest BCUT2D eigenvalue weighted by Gasteiger charge is 2.35. The summed E-state index contributed by atoms with van der Waals surface area (Å²) < 4.78 is 0. The van der Waals surface area contributed by atoms with Gasteiger partial charge < -0.3 is 5.11 Å². The van der Waals surface area contributed by atoms with Crippen molar-refractivity contribution in [3.63, 3.8) is 0 Å². The van der Waals surface area contributed by atoms with E-state index in [0.29, 0.717) is 24.0 Å². The second kappa shape index (κ2) is 4.77. The molecule has 0 aromatic heterocycles. The lowest BCUT2D eigenvalue weighted by Crippen LogP contribution is -2.33. The Bertz CT molecular complexity index is 326. The van der Waals surface area contributed by atoms with Gasteiger partial charge in [0.05, 0.1) is 10.5 Å². The maximum Gasteiger partial charge on any atom is 0.242 e. The van der Waals surface area contributed by atoms with Crippen LogP contribution in [0.25, 0.3) is 0 Å². The van der Waals surface area contributed by atoms with E-state index in [1.165, 1.54) is 0 Å². The van der Waals surface area contributed by atoms with Crippen LogP contribution in [0.15, 0.2) is 11.8 Å². The zero-order chi connectivity index (χ0) is 12.5. The van der Waals surface area contributed by atoms with Gasteiger partial charge in [-0.3, -0.25) is 10.1 Å². The first-order chi connectivity index (χ1) is 7.98. The van der Waals surface area contributed by atoms with Gasteiger partial charge in [-0.25, -0.2) is 0 Å². The van der Waals surface area contributed by atoms with Crippen LogP contribution in [0.5, 0.6) is 0 Å². The standard InChI is InChI=1S/C13H21NO3/c1-13(15)7-5-10(6-8-13)11-3-2-4-12(9-11)14(16)17/h4,10-11,15H,2-3,5-9H2,1H3/t10?,11-,13?/m1/s1. The summed E-state index contributed by atoms with van der Waals surface area (Å²) in [4.78, 5) is 10.6. The first-order valence-electron chi connectivity index (χ1n) is 6.54. The van der Waals surface area contributed by atoms with Crippen molar-refractivity contribution in [1.82, 2.24) is 0 Å². The van der Waals surface area contributed by atoms with Crippen molar-refractivity contribution in [3.05, 3.63) is 21.9 Å². The zero-order valence-corrected chi connectivity index (χ0v) is 10.4. The van der Waals surface area contributed by atoms with E-state index in [0.717, 1.165) is 38.5 Å². The Morgan fingerprint density at radius 1 is 1.35 bits per heavy atom. The normalized spacial score (nSPS) is 38.6. The molecule has 0 aliphatic heterocycles. The molecular formula is C13H21NO3. The minimum absolute atomic E-state index is 0.231. The topological polar surface area (TPSA) is 63.4 Å². The molecule has 1 atom stereocenters. The van der Waals surface area contributed by atoms with Crippen LogP contribution in [-0.4, -0.2) is 15.6 Å². The molecule has 2 aliphatic rings. The van der Waals surface area contributed by atoms with Gasteiger partial charge in [-0.05, 0) is 63.4 Å². The van der Waals surface area contributed by atoms with Crippen molar-refractivity contribution in [2.24, 2.45) is 11.8 Å². The van der Waals surface area contributed by atoms with E-state index in [4.69, 9.17) is 0 Å². The summed E-state index contributed by atoms with van der Waals surface area (Å²) in [7, 11) is 0. The van der Waals surface area contributed by atoms with Crippen LogP contribution >= 0.6 is 0 Å². The number of nitrogens with zero attached hydrogens (tertiary/aromatic N) is 1. The molecule has 0 radical (unpaired) electrons. The quantitative estimate of drug-likeness (QED) is 0.595. The van der Waals surface area contributed by atoms with Gasteiger partial charge in [0.15, 0.2) is 0 Å². The molecule has 2 aliphatic carbocycles. The number of hydrogen-bond donors (Lipinski definition) is 1. The van der Waals surface area contributed by atoms with Gasteiger partial charge in [-0.2, -0.15) is 0 Å². The lowest BCUT2D eigenvalue weighted by molar-refractivity contribution is -0.430. The molecule has 0 bridgehead atoms. The zero-order valence-electron chi connectivity index (χ0n) is 10.4. The highest BCUT2D eigenvalue weighted by atomic mass is 16.6. The summed E-state index contributed by atoms with van der Waals surface area (Å²) in [5.74, 6) is 1.02. The molecule has 1 fully saturated rings. The molecule has 96 valence electrons. The van der Waals surface area contributed by atoms with Crippen molar-refractivity contribution in [2.75, 3.05) is 0 Å². The largest absolute Gasteiger partial charge is 0.390 e. The molecule has 0 spiro atoms. The monoisotopic (exact) mass is 239 g/mol. The van der Waals surface area contributed by atoms with Gasteiger partial charge in [-0.1, -0.05) is 0 Å². The minimum atomic E-state index is -0.507. The third-order valence-corrected chi connectivity index (χ3v) is 4.40. The molecule has 0 aromatic carbocycles. The number of rotatable bonds is 2. The minimum Gasteiger partial charge on any atom is -0.390 e. The van der Waals surface area contributed by atoms with Gasteiger partial charge >= 0.3 is 0 Å². The molecule has 1 saturated carbocycles. The predicted molar refractivity (Wildman–Crippen MR) is 65.0 cm³/mol. The van der Waals surface area contributed by atoms with Crippen LogP contribution in [0.4, 0.5) is 0 Å². The van der Waals surface area contributed by atoms with Crippen molar-refractivity contribution in [3.8, 4) is 0 Å². The Morgan fingerprint density at radius 2 is 2.00 bits per heavy atom. The van der Waals surface area contributed by atoms with E-state index in [1.807, 2.05) is 6.92 Å². The summed E-state index contributed by atoms with van der Waals surface area (Å²) in [6, 6.07) is 0. The van der Waals surface area contributed by atoms with E-state index >= 15 is 0 Å². The van der Waals surface area contributed by atoms with E-state index < -0.39 is 5.60 Å². The van der Waals surface area contributed by atoms with Gasteiger partial charge in [0.1, 0.15) is 0 Å². The highest BCUT2D eigenvalue weighted by molar-refractivity contribution is 5.00. The molecule has 0 unspecified atom stereocenters. The first kappa shape index (κ1) is 12.6. The molecule has 4 nitrogen and oxygen atoms in total. The molecule has 1 N–H and O–H groups in total. The molecule has 0 aromatic rings. The molecular weight excluding hydrogens is 218 g/mol. The Morgan fingerprint density at radius 3 is 2.59 bits per heavy atom. The molecule has 4 heteroatoms. The van der Waals surface area contributed by atoms with Crippen LogP contribution < -0.4 is 0 Å². The summed E-state index contributed by atoms with van der Waals surface area (Å²) >= 11 is 0. The third-order valence-electron chi connectivity index (χ3n) is 4.40. The van der Waals surface area contributed by atoms with Gasteiger partial charge in [-0.15, -0.1) is 0 Å². The van der Waals surface area contributed by atoms with Crippen LogP contribution in [0.3, 0.4) is 0 Å². The average Bonchev–Trinajstić information content (AvgIpc) is 2.29. The predicted octanol–water partition coefficient (Wildman–Crippen LogP) is 2.89. The van der Waals surface area contributed by atoms with Crippen LogP contribution in [0, 0.1) is 22.0 Å². The van der Waals surface area contributed by atoms with Crippen LogP contribution in [-0.2, 0) is 0 Å². The van der Waals surface area contributed by atoms with Crippen LogP contribution in [0.2, 0.25) is 0 Å². The van der Waals surface area contributed by atoms with E-state index in [1.54, 1.807) is 6.08 Å². The Hall–Kier alpha value is -0.900. The number of allylic oxidation sites excluding steroid dienone is 2. The Labute approximate surface area is 102 Å². The smallest absolute Gasteiger partial charge is 0.242 e. The summed E-state index contributed by atoms with van der Waals surface area (Å²) in [5.41, 5.74) is -0.106. The van der Waals surface area contributed by atoms with Crippen molar-refractivity contribution in [1.29, 1.82) is 0 Å². The molecule has 17 heavy (non-hydrogen) atoms.